The van der Waals surface area contributed by atoms with Gasteiger partial charge in [-0.25, -0.2) is 0 Å². The van der Waals surface area contributed by atoms with E-state index in [0.717, 1.165) is 32.1 Å². The van der Waals surface area contributed by atoms with E-state index in [1.165, 1.54) is 16.6 Å². The van der Waals surface area contributed by atoms with E-state index in [4.69, 9.17) is 16.7 Å². The van der Waals surface area contributed by atoms with Gasteiger partial charge in [0.25, 0.3) is 0 Å². The molecule has 1 heterocycles. The Labute approximate surface area is 124 Å². The Kier molecular flexibility index (Phi) is 5.48. The van der Waals surface area contributed by atoms with E-state index in [0.29, 0.717) is 6.42 Å². The standard InChI is InChI=1S/C16H20ClNO2/c17-14(16(19)20)9-4-2-1-3-8-13-11-12-7-5-6-10-15(12)18-13/h5-7,10-11,14,18H,1-4,8-9H2,(H,19,20). The third kappa shape index (κ3) is 4.27. The number of aromatic amines is 1. The molecular formula is C16H20ClNO2. The molecule has 1 unspecified atom stereocenters. The topological polar surface area (TPSA) is 53.1 Å². The smallest absolute Gasteiger partial charge is 0.321 e. The van der Waals surface area contributed by atoms with Crippen LogP contribution in [0, 0.1) is 0 Å². The Morgan fingerprint density at radius 1 is 1.20 bits per heavy atom. The Hall–Kier alpha value is -1.48. The summed E-state index contributed by atoms with van der Waals surface area (Å²) in [5, 5.41) is 9.19. The van der Waals surface area contributed by atoms with Crippen LogP contribution in [0.5, 0.6) is 0 Å². The minimum Gasteiger partial charge on any atom is -0.480 e. The first-order valence-electron chi connectivity index (χ1n) is 7.10. The van der Waals surface area contributed by atoms with Crippen molar-refractivity contribution in [1.29, 1.82) is 0 Å². The molecule has 0 aliphatic rings. The number of nitrogens with one attached hydrogen (secondary N) is 1. The van der Waals surface area contributed by atoms with Crippen LogP contribution in [0.1, 0.15) is 37.8 Å². The number of hydrogen-bond donors (Lipinski definition) is 2. The van der Waals surface area contributed by atoms with Crippen LogP contribution in [0.25, 0.3) is 10.9 Å². The second kappa shape index (κ2) is 7.34. The number of carbonyl (C=O) groups is 1. The number of H-pyrrole nitrogens is 1. The fourth-order valence-corrected chi connectivity index (χ4v) is 2.54. The van der Waals surface area contributed by atoms with Crippen molar-refractivity contribution >= 4 is 28.5 Å². The van der Waals surface area contributed by atoms with Gasteiger partial charge in [0.05, 0.1) is 0 Å². The van der Waals surface area contributed by atoms with E-state index in [1.54, 1.807) is 0 Å². The highest BCUT2D eigenvalue weighted by Gasteiger charge is 2.12. The van der Waals surface area contributed by atoms with Gasteiger partial charge < -0.3 is 10.1 Å². The average molecular weight is 294 g/mol. The van der Waals surface area contributed by atoms with Crippen molar-refractivity contribution in [2.24, 2.45) is 0 Å². The molecule has 3 nitrogen and oxygen atoms in total. The summed E-state index contributed by atoms with van der Waals surface area (Å²) in [7, 11) is 0. The molecule has 0 aliphatic heterocycles. The van der Waals surface area contributed by atoms with Gasteiger partial charge >= 0.3 is 5.97 Å². The van der Waals surface area contributed by atoms with E-state index < -0.39 is 11.3 Å². The molecule has 1 atom stereocenters. The number of hydrogen-bond acceptors (Lipinski definition) is 1. The fourth-order valence-electron chi connectivity index (χ4n) is 2.38. The van der Waals surface area contributed by atoms with Gasteiger partial charge in [-0.3, -0.25) is 4.79 Å². The molecule has 2 rings (SSSR count). The van der Waals surface area contributed by atoms with Gasteiger partial charge in [0, 0.05) is 11.2 Å². The number of benzene rings is 1. The maximum atomic E-state index is 10.6. The van der Waals surface area contributed by atoms with Crippen molar-refractivity contribution < 1.29 is 9.90 Å². The SMILES string of the molecule is O=C(O)C(Cl)CCCCCCc1cc2ccccc2[nH]1. The molecule has 1 aromatic carbocycles. The molecule has 0 saturated carbocycles. The molecule has 0 fully saturated rings. The largest absolute Gasteiger partial charge is 0.480 e. The lowest BCUT2D eigenvalue weighted by Crippen LogP contribution is -2.12. The fraction of sp³-hybridized carbons (Fsp3) is 0.438. The van der Waals surface area contributed by atoms with Crippen LogP contribution in [0.4, 0.5) is 0 Å². The second-order valence-corrected chi connectivity index (χ2v) is 5.67. The van der Waals surface area contributed by atoms with E-state index in [2.05, 4.69) is 23.2 Å². The van der Waals surface area contributed by atoms with E-state index in [-0.39, 0.29) is 0 Å². The number of aryl methyl sites for hydroxylation is 1. The van der Waals surface area contributed by atoms with Gasteiger partial charge in [-0.05, 0) is 36.8 Å². The highest BCUT2D eigenvalue weighted by Crippen LogP contribution is 2.17. The molecule has 1 aromatic heterocycles. The summed E-state index contributed by atoms with van der Waals surface area (Å²) >= 11 is 5.67. The van der Waals surface area contributed by atoms with Crippen LogP contribution in [-0.2, 0) is 11.2 Å². The van der Waals surface area contributed by atoms with Gasteiger partial charge in [0.15, 0.2) is 0 Å². The number of aliphatic carboxylic acids is 1. The number of carboxylic acids is 1. The molecular weight excluding hydrogens is 274 g/mol. The first-order valence-corrected chi connectivity index (χ1v) is 7.54. The van der Waals surface area contributed by atoms with Crippen molar-refractivity contribution in [2.75, 3.05) is 0 Å². The summed E-state index contributed by atoms with van der Waals surface area (Å²) in [6.07, 6.45) is 5.75. The van der Waals surface area contributed by atoms with E-state index in [1.807, 2.05) is 12.1 Å². The molecule has 2 aromatic rings. The van der Waals surface area contributed by atoms with Crippen LogP contribution in [0.2, 0.25) is 0 Å². The summed E-state index contributed by atoms with van der Waals surface area (Å²) in [5.74, 6) is -0.912. The average Bonchev–Trinajstić information content (AvgIpc) is 2.84. The zero-order chi connectivity index (χ0) is 14.4. The molecule has 4 heteroatoms. The van der Waals surface area contributed by atoms with Crippen molar-refractivity contribution in [3.05, 3.63) is 36.0 Å². The first kappa shape index (κ1) is 14.9. The Balaban J connectivity index is 1.65. The van der Waals surface area contributed by atoms with Crippen molar-refractivity contribution in [3.8, 4) is 0 Å². The zero-order valence-corrected chi connectivity index (χ0v) is 12.2. The highest BCUT2D eigenvalue weighted by atomic mass is 35.5. The van der Waals surface area contributed by atoms with E-state index in [9.17, 15) is 4.79 Å². The number of rotatable bonds is 8. The molecule has 0 radical (unpaired) electrons. The number of fused-ring (bicyclic) bond motifs is 1. The third-order valence-corrected chi connectivity index (χ3v) is 3.91. The summed E-state index contributed by atoms with van der Waals surface area (Å²) in [5.41, 5.74) is 2.46. The van der Waals surface area contributed by atoms with Crippen LogP contribution in [-0.4, -0.2) is 21.4 Å². The lowest BCUT2D eigenvalue weighted by Gasteiger charge is -2.03. The molecule has 2 N–H and O–H groups in total. The summed E-state index contributed by atoms with van der Waals surface area (Å²) < 4.78 is 0. The molecule has 20 heavy (non-hydrogen) atoms. The highest BCUT2D eigenvalue weighted by molar-refractivity contribution is 6.29. The number of halogens is 1. The molecule has 0 spiro atoms. The summed E-state index contributed by atoms with van der Waals surface area (Å²) in [6.45, 7) is 0. The quantitative estimate of drug-likeness (QED) is 0.561. The number of aromatic nitrogens is 1. The number of para-hydroxylation sites is 1. The van der Waals surface area contributed by atoms with Crippen LogP contribution >= 0.6 is 11.6 Å². The Morgan fingerprint density at radius 2 is 1.95 bits per heavy atom. The number of carboxylic acid groups (broad SMARTS) is 1. The number of unbranched alkanes of at least 4 members (excludes halogenated alkanes) is 3. The van der Waals surface area contributed by atoms with Gasteiger partial charge in [0.1, 0.15) is 5.38 Å². The third-order valence-electron chi connectivity index (χ3n) is 3.51. The van der Waals surface area contributed by atoms with Gasteiger partial charge in [-0.2, -0.15) is 0 Å². The maximum Gasteiger partial charge on any atom is 0.321 e. The molecule has 0 saturated heterocycles. The molecule has 0 amide bonds. The lowest BCUT2D eigenvalue weighted by atomic mass is 10.1. The summed E-state index contributed by atoms with van der Waals surface area (Å²) in [6, 6.07) is 10.5. The zero-order valence-electron chi connectivity index (χ0n) is 11.4. The van der Waals surface area contributed by atoms with Gasteiger partial charge in [-0.1, -0.05) is 37.5 Å². The Morgan fingerprint density at radius 3 is 2.70 bits per heavy atom. The van der Waals surface area contributed by atoms with Gasteiger partial charge in [0.2, 0.25) is 0 Å². The monoisotopic (exact) mass is 293 g/mol. The summed E-state index contributed by atoms with van der Waals surface area (Å²) in [4.78, 5) is 14.0. The van der Waals surface area contributed by atoms with E-state index >= 15 is 0 Å². The van der Waals surface area contributed by atoms with Crippen molar-refractivity contribution in [1.82, 2.24) is 4.98 Å². The van der Waals surface area contributed by atoms with Crippen molar-refractivity contribution in [3.63, 3.8) is 0 Å². The normalized spacial score (nSPS) is 12.7. The second-order valence-electron chi connectivity index (χ2n) is 5.14. The van der Waals surface area contributed by atoms with Crippen molar-refractivity contribution in [2.45, 2.75) is 43.9 Å². The molecule has 108 valence electrons. The minimum absolute atomic E-state index is 0.559. The molecule has 0 bridgehead atoms. The Bertz CT molecular complexity index is 531. The lowest BCUT2D eigenvalue weighted by molar-refractivity contribution is -0.136. The minimum atomic E-state index is -0.912. The predicted octanol–water partition coefficient (Wildman–Crippen LogP) is 4.35. The number of alkyl halides is 1. The van der Waals surface area contributed by atoms with Gasteiger partial charge in [-0.15, -0.1) is 11.6 Å². The predicted molar refractivity (Wildman–Crippen MR) is 82.4 cm³/mol. The molecule has 0 aliphatic carbocycles. The maximum absolute atomic E-state index is 10.6. The van der Waals surface area contributed by atoms with Crippen LogP contribution in [0.3, 0.4) is 0 Å². The van der Waals surface area contributed by atoms with Crippen LogP contribution < -0.4 is 0 Å². The van der Waals surface area contributed by atoms with Crippen LogP contribution in [0.15, 0.2) is 30.3 Å². The first-order chi connectivity index (χ1) is 9.66.